The largest absolute Gasteiger partial charge is 0.467 e. The van der Waals surface area contributed by atoms with Crippen LogP contribution in [0.25, 0.3) is 0 Å². The number of carbonyl (C=O) groups is 3. The van der Waals surface area contributed by atoms with Crippen molar-refractivity contribution in [1.29, 1.82) is 0 Å². The molecular formula is C18H22N2O5. The van der Waals surface area contributed by atoms with Crippen LogP contribution in [0.15, 0.2) is 36.9 Å². The van der Waals surface area contributed by atoms with Gasteiger partial charge in [-0.15, -0.1) is 0 Å². The number of esters is 1. The van der Waals surface area contributed by atoms with Gasteiger partial charge in [0.2, 0.25) is 5.91 Å². The van der Waals surface area contributed by atoms with Crippen LogP contribution in [0.2, 0.25) is 0 Å². The van der Waals surface area contributed by atoms with Gasteiger partial charge in [-0.05, 0) is 30.7 Å². The molecular weight excluding hydrogens is 324 g/mol. The summed E-state index contributed by atoms with van der Waals surface area (Å²) in [6.07, 6.45) is 0.177. The summed E-state index contributed by atoms with van der Waals surface area (Å²) in [5, 5.41) is 2.67. The molecule has 1 saturated heterocycles. The molecule has 1 aromatic rings. The first-order chi connectivity index (χ1) is 11.9. The summed E-state index contributed by atoms with van der Waals surface area (Å²) >= 11 is 0. The molecule has 0 bridgehead atoms. The zero-order valence-electron chi connectivity index (χ0n) is 14.4. The number of ether oxygens (including phenoxy) is 2. The minimum Gasteiger partial charge on any atom is -0.467 e. The number of amides is 2. The van der Waals surface area contributed by atoms with E-state index in [4.69, 9.17) is 9.47 Å². The van der Waals surface area contributed by atoms with Gasteiger partial charge in [0, 0.05) is 18.7 Å². The van der Waals surface area contributed by atoms with Gasteiger partial charge in [-0.1, -0.05) is 18.7 Å². The Morgan fingerprint density at radius 2 is 2.00 bits per heavy atom. The highest BCUT2D eigenvalue weighted by molar-refractivity contribution is 5.94. The van der Waals surface area contributed by atoms with E-state index in [9.17, 15) is 14.4 Å². The fraction of sp³-hybridized carbons (Fsp3) is 0.389. The van der Waals surface area contributed by atoms with Crippen molar-refractivity contribution in [2.45, 2.75) is 25.7 Å². The Labute approximate surface area is 146 Å². The summed E-state index contributed by atoms with van der Waals surface area (Å²) in [5.74, 6) is -0.917. The van der Waals surface area contributed by atoms with Crippen molar-refractivity contribution < 1.29 is 23.9 Å². The molecule has 1 heterocycles. The molecule has 1 aliphatic heterocycles. The lowest BCUT2D eigenvalue weighted by Gasteiger charge is -2.35. The second-order valence-electron chi connectivity index (χ2n) is 5.79. The number of methoxy groups -OCH3 is 1. The van der Waals surface area contributed by atoms with Gasteiger partial charge in [-0.25, -0.2) is 4.79 Å². The number of morpholine rings is 1. The molecule has 7 nitrogen and oxygen atoms in total. The third-order valence-corrected chi connectivity index (χ3v) is 3.86. The molecule has 1 aromatic carbocycles. The molecule has 2 atom stereocenters. The molecule has 25 heavy (non-hydrogen) atoms. The number of hydrogen-bond donors (Lipinski definition) is 1. The maximum Gasteiger partial charge on any atom is 0.336 e. The molecule has 2 rings (SSSR count). The SMILES string of the molecule is C=CC(=O)NCc1ccc(C(=O)N2C[C@@H](C(=O)OC)O[C@@H](C)C2)cc1. The first kappa shape index (κ1) is 18.7. The third kappa shape index (κ3) is 4.90. The van der Waals surface area contributed by atoms with E-state index in [0.717, 1.165) is 5.56 Å². The smallest absolute Gasteiger partial charge is 0.336 e. The van der Waals surface area contributed by atoms with Crippen molar-refractivity contribution in [2.75, 3.05) is 20.2 Å². The molecule has 2 amide bonds. The van der Waals surface area contributed by atoms with Gasteiger partial charge in [0.15, 0.2) is 6.10 Å². The Morgan fingerprint density at radius 1 is 1.32 bits per heavy atom. The van der Waals surface area contributed by atoms with Crippen LogP contribution in [0.5, 0.6) is 0 Å². The predicted octanol–water partition coefficient (Wildman–Crippen LogP) is 0.891. The normalized spacial score (nSPS) is 19.8. The number of benzene rings is 1. The zero-order chi connectivity index (χ0) is 18.4. The van der Waals surface area contributed by atoms with Gasteiger partial charge >= 0.3 is 5.97 Å². The highest BCUT2D eigenvalue weighted by atomic mass is 16.6. The number of rotatable bonds is 5. The minimum absolute atomic E-state index is 0.160. The summed E-state index contributed by atoms with van der Waals surface area (Å²) < 4.78 is 10.2. The number of hydrogen-bond acceptors (Lipinski definition) is 5. The van der Waals surface area contributed by atoms with Crippen LogP contribution in [-0.2, 0) is 25.6 Å². The molecule has 134 valence electrons. The van der Waals surface area contributed by atoms with E-state index < -0.39 is 12.1 Å². The highest BCUT2D eigenvalue weighted by Crippen LogP contribution is 2.16. The monoisotopic (exact) mass is 346 g/mol. The Bertz CT molecular complexity index is 656. The molecule has 1 N–H and O–H groups in total. The van der Waals surface area contributed by atoms with Gasteiger partial charge in [0.1, 0.15) is 0 Å². The quantitative estimate of drug-likeness (QED) is 0.632. The molecule has 0 spiro atoms. The zero-order valence-corrected chi connectivity index (χ0v) is 14.4. The van der Waals surface area contributed by atoms with Crippen LogP contribution in [0, 0.1) is 0 Å². The molecule has 1 aliphatic rings. The first-order valence-corrected chi connectivity index (χ1v) is 7.96. The number of nitrogens with zero attached hydrogens (tertiary/aromatic N) is 1. The number of carbonyl (C=O) groups excluding carboxylic acids is 3. The molecule has 0 aliphatic carbocycles. The molecule has 0 aromatic heterocycles. The highest BCUT2D eigenvalue weighted by Gasteiger charge is 2.33. The van der Waals surface area contributed by atoms with Gasteiger partial charge in [0.25, 0.3) is 5.91 Å². The van der Waals surface area contributed by atoms with Gasteiger partial charge in [-0.3, -0.25) is 9.59 Å². The van der Waals surface area contributed by atoms with Gasteiger partial charge in [-0.2, -0.15) is 0 Å². The predicted molar refractivity (Wildman–Crippen MR) is 90.7 cm³/mol. The lowest BCUT2D eigenvalue weighted by molar-refractivity contribution is -0.164. The Balaban J connectivity index is 2.02. The van der Waals surface area contributed by atoms with Crippen LogP contribution in [0.4, 0.5) is 0 Å². The Morgan fingerprint density at radius 3 is 2.60 bits per heavy atom. The lowest BCUT2D eigenvalue weighted by atomic mass is 10.1. The first-order valence-electron chi connectivity index (χ1n) is 7.96. The Hall–Kier alpha value is -2.67. The van der Waals surface area contributed by atoms with Gasteiger partial charge in [0.05, 0.1) is 19.8 Å². The fourth-order valence-corrected chi connectivity index (χ4v) is 2.59. The maximum atomic E-state index is 12.7. The molecule has 1 fully saturated rings. The third-order valence-electron chi connectivity index (χ3n) is 3.86. The molecule has 0 radical (unpaired) electrons. The van der Waals surface area contributed by atoms with Crippen molar-refractivity contribution in [3.8, 4) is 0 Å². The topological polar surface area (TPSA) is 84.9 Å². The summed E-state index contributed by atoms with van der Waals surface area (Å²) in [6.45, 7) is 6.12. The minimum atomic E-state index is -0.772. The van der Waals surface area contributed by atoms with E-state index >= 15 is 0 Å². The van der Waals surface area contributed by atoms with Crippen molar-refractivity contribution >= 4 is 17.8 Å². The summed E-state index contributed by atoms with van der Waals surface area (Å²) in [4.78, 5) is 37.1. The van der Waals surface area contributed by atoms with E-state index in [-0.39, 0.29) is 24.5 Å². The average molecular weight is 346 g/mol. The van der Waals surface area contributed by atoms with E-state index in [1.165, 1.54) is 13.2 Å². The fourth-order valence-electron chi connectivity index (χ4n) is 2.59. The summed E-state index contributed by atoms with van der Waals surface area (Å²) in [6, 6.07) is 6.95. The van der Waals surface area contributed by atoms with E-state index in [2.05, 4.69) is 11.9 Å². The van der Waals surface area contributed by atoms with Crippen molar-refractivity contribution in [2.24, 2.45) is 0 Å². The maximum absolute atomic E-state index is 12.7. The average Bonchev–Trinajstić information content (AvgIpc) is 2.64. The molecule has 0 saturated carbocycles. The number of nitrogens with one attached hydrogen (secondary N) is 1. The van der Waals surface area contributed by atoms with E-state index in [1.807, 2.05) is 0 Å². The van der Waals surface area contributed by atoms with Gasteiger partial charge < -0.3 is 19.7 Å². The summed E-state index contributed by atoms with van der Waals surface area (Å²) in [7, 11) is 1.29. The lowest BCUT2D eigenvalue weighted by Crippen LogP contribution is -2.52. The van der Waals surface area contributed by atoms with Crippen molar-refractivity contribution in [3.63, 3.8) is 0 Å². The second-order valence-corrected chi connectivity index (χ2v) is 5.79. The van der Waals surface area contributed by atoms with Crippen LogP contribution >= 0.6 is 0 Å². The molecule has 7 heteroatoms. The van der Waals surface area contributed by atoms with Crippen molar-refractivity contribution in [1.82, 2.24) is 10.2 Å². The van der Waals surface area contributed by atoms with Crippen LogP contribution in [0.1, 0.15) is 22.8 Å². The van der Waals surface area contributed by atoms with Crippen molar-refractivity contribution in [3.05, 3.63) is 48.0 Å². The molecule has 0 unspecified atom stereocenters. The second kappa shape index (κ2) is 8.43. The standard InChI is InChI=1S/C18H22N2O5/c1-4-16(21)19-9-13-5-7-14(8-6-13)17(22)20-10-12(2)25-15(11-20)18(23)24-3/h4-8,12,15H,1,9-11H2,2-3H3,(H,19,21)/t12-,15-/m0/s1. The van der Waals surface area contributed by atoms with Crippen LogP contribution < -0.4 is 5.32 Å². The summed E-state index contributed by atoms with van der Waals surface area (Å²) in [5.41, 5.74) is 1.38. The van der Waals surface area contributed by atoms with E-state index in [0.29, 0.717) is 18.7 Å². The Kier molecular flexibility index (Phi) is 6.30. The van der Waals surface area contributed by atoms with Crippen LogP contribution in [0.3, 0.4) is 0 Å². The van der Waals surface area contributed by atoms with Crippen LogP contribution in [-0.4, -0.2) is 55.1 Å². The van der Waals surface area contributed by atoms with E-state index in [1.54, 1.807) is 36.1 Å².